The summed E-state index contributed by atoms with van der Waals surface area (Å²) >= 11 is 0. The lowest BCUT2D eigenvalue weighted by atomic mass is 9.84. The maximum atomic E-state index is 2.55. The lowest BCUT2D eigenvalue weighted by molar-refractivity contribution is 1.07. The van der Waals surface area contributed by atoms with Crippen molar-refractivity contribution >= 4 is 88.0 Å². The first-order valence-electron chi connectivity index (χ1n) is 26.6. The topological polar surface area (TPSA) is 6.48 Å². The Bertz CT molecular complexity index is 3890. The molecule has 0 heterocycles. The van der Waals surface area contributed by atoms with Gasteiger partial charge in [0.1, 0.15) is 0 Å². The summed E-state index contributed by atoms with van der Waals surface area (Å²) in [7, 11) is 0. The van der Waals surface area contributed by atoms with Gasteiger partial charge in [-0.25, -0.2) is 0 Å². The molecule has 0 atom stereocenters. The Kier molecular flexibility index (Phi) is 11.6. The van der Waals surface area contributed by atoms with Crippen LogP contribution in [0.5, 0.6) is 0 Å². The van der Waals surface area contributed by atoms with E-state index in [4.69, 9.17) is 0 Å². The summed E-state index contributed by atoms with van der Waals surface area (Å²) < 4.78 is 0. The third-order valence-electron chi connectivity index (χ3n) is 16.5. The van der Waals surface area contributed by atoms with Gasteiger partial charge in [0.05, 0.1) is 11.4 Å². The van der Waals surface area contributed by atoms with E-state index in [2.05, 4.69) is 261 Å². The standard InChI is InChI=1S/C72H64N2/c1-11-61-47(7)35-59(36-48(61)8)73(57-27-21-43(3)45(5)33-57)69-41-67(55-25-23-51-17-13-15-19-53(51)39-55)63-30-32-66-70(74(58-28-22-44(4)46(6)34-58)60-37-49(9)62(12-2)50(10)38-60)42-68(64-29-31-65(69)71(63)72(64)66)56-26-24-52-18-14-16-20-54(52)40-56/h13-42H,11-12H2,1-10H3. The molecular weight excluding hydrogens is 893 g/mol. The molecule has 0 aliphatic carbocycles. The second-order valence-electron chi connectivity index (χ2n) is 21.1. The minimum absolute atomic E-state index is 0.995. The van der Waals surface area contributed by atoms with Gasteiger partial charge in [-0.05, 0) is 251 Å². The number of rotatable bonds is 10. The van der Waals surface area contributed by atoms with E-state index in [9.17, 15) is 0 Å². The Hall–Kier alpha value is -8.20. The molecule has 0 saturated heterocycles. The van der Waals surface area contributed by atoms with E-state index >= 15 is 0 Å². The number of benzene rings is 12. The van der Waals surface area contributed by atoms with Crippen LogP contribution in [0, 0.1) is 55.4 Å². The normalized spacial score (nSPS) is 11.8. The predicted octanol–water partition coefficient (Wildman–Crippen LogP) is 20.8. The fourth-order valence-corrected chi connectivity index (χ4v) is 12.4. The zero-order valence-corrected chi connectivity index (χ0v) is 44.6. The smallest absolute Gasteiger partial charge is 0.0546 e. The molecule has 0 fully saturated rings. The van der Waals surface area contributed by atoms with Gasteiger partial charge in [-0.3, -0.25) is 0 Å². The number of anilines is 6. The van der Waals surface area contributed by atoms with Crippen molar-refractivity contribution in [3.8, 4) is 22.3 Å². The predicted molar refractivity (Wildman–Crippen MR) is 322 cm³/mol. The molecule has 2 heteroatoms. The van der Waals surface area contributed by atoms with Gasteiger partial charge in [-0.15, -0.1) is 0 Å². The van der Waals surface area contributed by atoms with Gasteiger partial charge in [0.2, 0.25) is 0 Å². The van der Waals surface area contributed by atoms with Crippen LogP contribution in [0.1, 0.15) is 69.5 Å². The molecule has 0 aliphatic rings. The second kappa shape index (κ2) is 18.4. The molecule has 2 nitrogen and oxygen atoms in total. The first kappa shape index (κ1) is 46.8. The third-order valence-corrected chi connectivity index (χ3v) is 16.5. The molecule has 0 unspecified atom stereocenters. The molecule has 0 amide bonds. The van der Waals surface area contributed by atoms with Crippen molar-refractivity contribution < 1.29 is 0 Å². The maximum Gasteiger partial charge on any atom is 0.0546 e. The molecule has 362 valence electrons. The van der Waals surface area contributed by atoms with Gasteiger partial charge < -0.3 is 9.80 Å². The Labute approximate surface area is 437 Å². The maximum absolute atomic E-state index is 2.55. The zero-order chi connectivity index (χ0) is 51.1. The summed E-state index contributed by atoms with van der Waals surface area (Å²) in [6, 6.07) is 69.9. The minimum Gasteiger partial charge on any atom is -0.310 e. The van der Waals surface area contributed by atoms with Crippen LogP contribution < -0.4 is 9.80 Å². The van der Waals surface area contributed by atoms with E-state index in [-0.39, 0.29) is 0 Å². The van der Waals surface area contributed by atoms with Crippen molar-refractivity contribution in [3.05, 3.63) is 238 Å². The average molecular weight is 957 g/mol. The molecule has 12 rings (SSSR count). The summed E-state index contributed by atoms with van der Waals surface area (Å²) in [6.45, 7) is 22.6. The Morgan fingerprint density at radius 3 is 1.00 bits per heavy atom. The molecule has 0 aliphatic heterocycles. The molecule has 0 spiro atoms. The van der Waals surface area contributed by atoms with Crippen LogP contribution in [0.15, 0.2) is 182 Å². The highest BCUT2D eigenvalue weighted by Gasteiger charge is 2.27. The van der Waals surface area contributed by atoms with Gasteiger partial charge in [0.15, 0.2) is 0 Å². The Morgan fingerprint density at radius 2 is 0.635 bits per heavy atom. The lowest BCUT2D eigenvalue weighted by Crippen LogP contribution is -2.13. The van der Waals surface area contributed by atoms with Gasteiger partial charge in [0, 0.05) is 44.3 Å². The van der Waals surface area contributed by atoms with Crippen LogP contribution in [0.3, 0.4) is 0 Å². The molecule has 0 bridgehead atoms. The van der Waals surface area contributed by atoms with Crippen molar-refractivity contribution in [3.63, 3.8) is 0 Å². The van der Waals surface area contributed by atoms with Crippen molar-refractivity contribution in [2.45, 2.75) is 82.1 Å². The summed E-state index contributed by atoms with van der Waals surface area (Å²) in [6.07, 6.45) is 1.99. The molecule has 12 aromatic rings. The molecule has 12 aromatic carbocycles. The van der Waals surface area contributed by atoms with Gasteiger partial charge >= 0.3 is 0 Å². The largest absolute Gasteiger partial charge is 0.310 e. The zero-order valence-electron chi connectivity index (χ0n) is 44.6. The number of hydrogen-bond donors (Lipinski definition) is 0. The van der Waals surface area contributed by atoms with Crippen LogP contribution >= 0.6 is 0 Å². The molecule has 0 aromatic heterocycles. The first-order valence-corrected chi connectivity index (χ1v) is 26.6. The highest BCUT2D eigenvalue weighted by Crippen LogP contribution is 2.53. The third kappa shape index (κ3) is 7.78. The number of hydrogen-bond acceptors (Lipinski definition) is 2. The highest BCUT2D eigenvalue weighted by molar-refractivity contribution is 6.32. The molecular formula is C72H64N2. The SMILES string of the molecule is CCc1c(C)cc(N(c2ccc(C)c(C)c2)c2cc(-c3ccc4ccccc4c3)c3ccc4c(N(c5ccc(C)c(C)c5)c5cc(C)c(CC)c(C)c5)cc(-c5ccc6ccccc6c5)c5ccc2c3c54)cc1C. The van der Waals surface area contributed by atoms with Crippen LogP contribution in [0.2, 0.25) is 0 Å². The van der Waals surface area contributed by atoms with E-state index in [1.54, 1.807) is 0 Å². The molecule has 74 heavy (non-hydrogen) atoms. The van der Waals surface area contributed by atoms with Gasteiger partial charge in [0.25, 0.3) is 0 Å². The Morgan fingerprint density at radius 1 is 0.284 bits per heavy atom. The van der Waals surface area contributed by atoms with E-state index in [0.717, 1.165) is 35.6 Å². The molecule has 0 saturated carbocycles. The van der Waals surface area contributed by atoms with Crippen LogP contribution in [0.4, 0.5) is 34.1 Å². The summed E-state index contributed by atoms with van der Waals surface area (Å²) in [5.74, 6) is 0. The fraction of sp³-hybridized carbons (Fsp3) is 0.167. The van der Waals surface area contributed by atoms with Crippen LogP contribution in [0.25, 0.3) is 76.1 Å². The van der Waals surface area contributed by atoms with Crippen LogP contribution in [-0.2, 0) is 12.8 Å². The molecule has 0 radical (unpaired) electrons. The number of aryl methyl sites for hydroxylation is 8. The van der Waals surface area contributed by atoms with Crippen molar-refractivity contribution in [2.75, 3.05) is 9.80 Å². The van der Waals surface area contributed by atoms with Gasteiger partial charge in [-0.1, -0.05) is 123 Å². The first-order chi connectivity index (χ1) is 35.9. The average Bonchev–Trinajstić information content (AvgIpc) is 3.40. The summed E-state index contributed by atoms with van der Waals surface area (Å²) in [5.41, 5.74) is 25.0. The van der Waals surface area contributed by atoms with E-state index in [1.165, 1.54) is 143 Å². The van der Waals surface area contributed by atoms with E-state index in [1.807, 2.05) is 0 Å². The monoisotopic (exact) mass is 957 g/mol. The summed E-state index contributed by atoms with van der Waals surface area (Å²) in [5, 5.41) is 12.4. The summed E-state index contributed by atoms with van der Waals surface area (Å²) in [4.78, 5) is 5.10. The van der Waals surface area contributed by atoms with Crippen LogP contribution in [-0.4, -0.2) is 0 Å². The number of fused-ring (bicyclic) bond motifs is 2. The van der Waals surface area contributed by atoms with Crippen molar-refractivity contribution in [1.82, 2.24) is 0 Å². The van der Waals surface area contributed by atoms with Crippen molar-refractivity contribution in [1.29, 1.82) is 0 Å². The van der Waals surface area contributed by atoms with Gasteiger partial charge in [-0.2, -0.15) is 0 Å². The quantitative estimate of drug-likeness (QED) is 0.126. The number of nitrogens with zero attached hydrogens (tertiary/aromatic N) is 2. The van der Waals surface area contributed by atoms with Crippen molar-refractivity contribution in [2.24, 2.45) is 0 Å². The van der Waals surface area contributed by atoms with E-state index in [0.29, 0.717) is 0 Å². The minimum atomic E-state index is 0.995. The lowest BCUT2D eigenvalue weighted by Gasteiger charge is -2.32. The second-order valence-corrected chi connectivity index (χ2v) is 21.1. The van der Waals surface area contributed by atoms with E-state index < -0.39 is 0 Å². The highest BCUT2D eigenvalue weighted by atomic mass is 15.2. The fourth-order valence-electron chi connectivity index (χ4n) is 12.4. The molecule has 0 N–H and O–H groups in total. The Balaban J connectivity index is 1.27.